The first-order valence-electron chi connectivity index (χ1n) is 9.09. The van der Waals surface area contributed by atoms with Crippen molar-refractivity contribution in [2.45, 2.75) is 32.1 Å². The molecule has 166 valence electrons. The van der Waals surface area contributed by atoms with Gasteiger partial charge in [-0.1, -0.05) is 13.0 Å². The predicted octanol–water partition coefficient (Wildman–Crippen LogP) is 2.87. The Morgan fingerprint density at radius 1 is 1.14 bits per heavy atom. The summed E-state index contributed by atoms with van der Waals surface area (Å²) in [4.78, 5) is 13.8. The van der Waals surface area contributed by atoms with Gasteiger partial charge in [0, 0.05) is 37.8 Å². The second kappa shape index (κ2) is 11.1. The summed E-state index contributed by atoms with van der Waals surface area (Å²) in [6, 6.07) is 4.64. The van der Waals surface area contributed by atoms with Crippen LogP contribution in [0.4, 0.5) is 13.2 Å². The number of carboxylic acid groups (broad SMARTS) is 1. The van der Waals surface area contributed by atoms with Gasteiger partial charge in [-0.3, -0.25) is 4.90 Å². The number of alkyl halides is 3. The monoisotopic (exact) mass is 422 g/mol. The van der Waals surface area contributed by atoms with Crippen LogP contribution in [-0.2, 0) is 11.3 Å². The van der Waals surface area contributed by atoms with Crippen LogP contribution in [0.5, 0.6) is 17.2 Å². The standard InChI is InChI=1S/C17H28N2O3.C2HF3O2/c1-6-14-12-19(10-9-18(14)2)11-13-7-8-15(20-3)17(22-5)16(13)21-4;3-2(4,5)1(6)7/h7-8,14H,6,9-12H2,1-5H3;(H,6,7). The molecule has 1 fully saturated rings. The summed E-state index contributed by atoms with van der Waals surface area (Å²) >= 11 is 0. The van der Waals surface area contributed by atoms with Gasteiger partial charge in [-0.15, -0.1) is 0 Å². The predicted molar refractivity (Wildman–Crippen MR) is 102 cm³/mol. The van der Waals surface area contributed by atoms with Crippen molar-refractivity contribution in [2.75, 3.05) is 48.0 Å². The number of halogens is 3. The van der Waals surface area contributed by atoms with Crippen molar-refractivity contribution >= 4 is 5.97 Å². The van der Waals surface area contributed by atoms with E-state index in [1.54, 1.807) is 21.3 Å². The zero-order chi connectivity index (χ0) is 22.2. The normalized spacial score (nSPS) is 17.9. The number of ether oxygens (including phenoxy) is 3. The largest absolute Gasteiger partial charge is 0.493 e. The van der Waals surface area contributed by atoms with Crippen molar-refractivity contribution in [1.82, 2.24) is 9.80 Å². The Labute approximate surface area is 168 Å². The van der Waals surface area contributed by atoms with Gasteiger partial charge in [0.05, 0.1) is 21.3 Å². The Morgan fingerprint density at radius 2 is 1.72 bits per heavy atom. The first kappa shape index (κ1) is 24.8. The van der Waals surface area contributed by atoms with Crippen LogP contribution >= 0.6 is 0 Å². The highest BCUT2D eigenvalue weighted by Crippen LogP contribution is 2.40. The number of hydrogen-bond donors (Lipinski definition) is 1. The third kappa shape index (κ3) is 6.97. The van der Waals surface area contributed by atoms with E-state index in [0.29, 0.717) is 17.5 Å². The Balaban J connectivity index is 0.000000516. The molecule has 1 aromatic carbocycles. The number of likely N-dealkylation sites (N-methyl/N-ethyl adjacent to an activating group) is 1. The summed E-state index contributed by atoms with van der Waals surface area (Å²) in [5.74, 6) is -0.613. The maximum Gasteiger partial charge on any atom is 0.490 e. The molecule has 1 saturated heterocycles. The average Bonchev–Trinajstić information content (AvgIpc) is 2.68. The van der Waals surface area contributed by atoms with Crippen molar-refractivity contribution in [3.8, 4) is 17.2 Å². The van der Waals surface area contributed by atoms with Crippen LogP contribution in [0, 0.1) is 0 Å². The van der Waals surface area contributed by atoms with Crippen LogP contribution in [0.25, 0.3) is 0 Å². The van der Waals surface area contributed by atoms with E-state index < -0.39 is 12.1 Å². The minimum absolute atomic E-state index is 0.625. The van der Waals surface area contributed by atoms with E-state index in [2.05, 4.69) is 29.8 Å². The molecule has 1 unspecified atom stereocenters. The molecule has 1 aliphatic rings. The SMILES string of the molecule is CCC1CN(Cc2ccc(OC)c(OC)c2OC)CCN1C.O=C(O)C(F)(F)F. The van der Waals surface area contributed by atoms with E-state index in [-0.39, 0.29) is 0 Å². The first-order valence-corrected chi connectivity index (χ1v) is 9.09. The minimum atomic E-state index is -5.08. The van der Waals surface area contributed by atoms with Gasteiger partial charge in [-0.2, -0.15) is 13.2 Å². The highest BCUT2D eigenvalue weighted by Gasteiger charge is 2.38. The van der Waals surface area contributed by atoms with Crippen LogP contribution in [-0.4, -0.2) is 81.1 Å². The Morgan fingerprint density at radius 3 is 2.17 bits per heavy atom. The third-order valence-corrected chi connectivity index (χ3v) is 4.75. The van der Waals surface area contributed by atoms with Gasteiger partial charge >= 0.3 is 12.1 Å². The van der Waals surface area contributed by atoms with Gasteiger partial charge < -0.3 is 24.2 Å². The fourth-order valence-corrected chi connectivity index (χ4v) is 3.12. The second-order valence-electron chi connectivity index (χ2n) is 6.57. The van der Waals surface area contributed by atoms with Crippen LogP contribution in [0.15, 0.2) is 12.1 Å². The van der Waals surface area contributed by atoms with E-state index in [1.165, 1.54) is 6.42 Å². The molecule has 0 radical (unpaired) electrons. The van der Waals surface area contributed by atoms with Gasteiger partial charge in [-0.25, -0.2) is 4.79 Å². The third-order valence-electron chi connectivity index (χ3n) is 4.75. The molecule has 0 aliphatic carbocycles. The van der Waals surface area contributed by atoms with Crippen molar-refractivity contribution in [3.63, 3.8) is 0 Å². The molecule has 1 aromatic rings. The molecule has 1 heterocycles. The number of aliphatic carboxylic acids is 1. The quantitative estimate of drug-likeness (QED) is 0.756. The van der Waals surface area contributed by atoms with Crippen LogP contribution < -0.4 is 14.2 Å². The van der Waals surface area contributed by atoms with Crippen LogP contribution in [0.2, 0.25) is 0 Å². The Hall–Kier alpha value is -2.20. The number of rotatable bonds is 6. The number of carboxylic acids is 1. The van der Waals surface area contributed by atoms with Gasteiger partial charge in [0.1, 0.15) is 0 Å². The highest BCUT2D eigenvalue weighted by atomic mass is 19.4. The van der Waals surface area contributed by atoms with E-state index in [4.69, 9.17) is 24.1 Å². The molecule has 0 saturated carbocycles. The summed E-state index contributed by atoms with van der Waals surface area (Å²) < 4.78 is 48.1. The van der Waals surface area contributed by atoms with E-state index in [9.17, 15) is 13.2 Å². The number of piperazine rings is 1. The van der Waals surface area contributed by atoms with Gasteiger partial charge in [-0.05, 0) is 19.5 Å². The summed E-state index contributed by atoms with van der Waals surface area (Å²) in [6.45, 7) is 6.39. The first-order chi connectivity index (χ1) is 13.6. The molecular formula is C19H29F3N2O5. The molecule has 1 atom stereocenters. The zero-order valence-electron chi connectivity index (χ0n) is 17.4. The van der Waals surface area contributed by atoms with Gasteiger partial charge in [0.25, 0.3) is 0 Å². The zero-order valence-corrected chi connectivity index (χ0v) is 17.4. The van der Waals surface area contributed by atoms with Crippen molar-refractivity contribution < 1.29 is 37.3 Å². The molecule has 10 heteroatoms. The fourth-order valence-electron chi connectivity index (χ4n) is 3.12. The molecule has 2 rings (SSSR count). The van der Waals surface area contributed by atoms with Crippen molar-refractivity contribution in [3.05, 3.63) is 17.7 Å². The van der Waals surface area contributed by atoms with Crippen molar-refractivity contribution in [2.24, 2.45) is 0 Å². The summed E-state index contributed by atoms with van der Waals surface area (Å²) in [6.07, 6.45) is -3.91. The second-order valence-corrected chi connectivity index (χ2v) is 6.57. The maximum absolute atomic E-state index is 10.6. The molecule has 29 heavy (non-hydrogen) atoms. The molecular weight excluding hydrogens is 393 g/mol. The van der Waals surface area contributed by atoms with Gasteiger partial charge in [0.2, 0.25) is 5.75 Å². The smallest absolute Gasteiger partial charge is 0.490 e. The van der Waals surface area contributed by atoms with Gasteiger partial charge in [0.15, 0.2) is 11.5 Å². The average molecular weight is 422 g/mol. The topological polar surface area (TPSA) is 71.5 Å². The molecule has 1 N–H and O–H groups in total. The van der Waals surface area contributed by atoms with Crippen molar-refractivity contribution in [1.29, 1.82) is 0 Å². The lowest BCUT2D eigenvalue weighted by Gasteiger charge is -2.39. The number of nitrogens with zero attached hydrogens (tertiary/aromatic N) is 2. The lowest BCUT2D eigenvalue weighted by molar-refractivity contribution is -0.192. The van der Waals surface area contributed by atoms with E-state index in [0.717, 1.165) is 37.5 Å². The molecule has 7 nitrogen and oxygen atoms in total. The molecule has 0 spiro atoms. The number of methoxy groups -OCH3 is 3. The molecule has 0 bridgehead atoms. The highest BCUT2D eigenvalue weighted by molar-refractivity contribution is 5.73. The maximum atomic E-state index is 10.6. The molecule has 1 aliphatic heterocycles. The lowest BCUT2D eigenvalue weighted by Crippen LogP contribution is -2.50. The van der Waals surface area contributed by atoms with E-state index in [1.807, 2.05) is 6.07 Å². The Kier molecular flexibility index (Phi) is 9.51. The van der Waals surface area contributed by atoms with E-state index >= 15 is 0 Å². The molecule has 0 amide bonds. The van der Waals surface area contributed by atoms with Crippen LogP contribution in [0.3, 0.4) is 0 Å². The summed E-state index contributed by atoms with van der Waals surface area (Å²) in [7, 11) is 7.18. The molecule has 0 aromatic heterocycles. The summed E-state index contributed by atoms with van der Waals surface area (Å²) in [5, 5.41) is 7.12. The Bertz CT molecular complexity index is 670. The van der Waals surface area contributed by atoms with Crippen LogP contribution in [0.1, 0.15) is 18.9 Å². The summed E-state index contributed by atoms with van der Waals surface area (Å²) in [5.41, 5.74) is 1.14. The number of benzene rings is 1. The number of carbonyl (C=O) groups is 1. The minimum Gasteiger partial charge on any atom is -0.493 e. The number of hydrogen-bond acceptors (Lipinski definition) is 6. The fraction of sp³-hybridized carbons (Fsp3) is 0.632. The lowest BCUT2D eigenvalue weighted by atomic mass is 10.1.